The van der Waals surface area contributed by atoms with Crippen LogP contribution in [0.25, 0.3) is 0 Å². The number of hydrogen-bond acceptors (Lipinski definition) is 4. The van der Waals surface area contributed by atoms with Gasteiger partial charge in [-0.15, -0.1) is 0 Å². The highest BCUT2D eigenvalue weighted by Gasteiger charge is 2.33. The Morgan fingerprint density at radius 3 is 2.46 bits per heavy atom. The summed E-state index contributed by atoms with van der Waals surface area (Å²) in [6.45, 7) is 3.79. The molecule has 1 amide bonds. The quantitative estimate of drug-likeness (QED) is 0.824. The first-order chi connectivity index (χ1) is 12.5. The number of carbonyl (C=O) groups excluding carboxylic acids is 1. The van der Waals surface area contributed by atoms with Crippen LogP contribution in [0.4, 0.5) is 10.1 Å². The molecular weight excluding hydrogens is 335 g/mol. The predicted octanol–water partition coefficient (Wildman–Crippen LogP) is 3.08. The lowest BCUT2D eigenvalue weighted by molar-refractivity contribution is -0.125. The van der Waals surface area contributed by atoms with Gasteiger partial charge in [0.05, 0.1) is 25.9 Å². The van der Waals surface area contributed by atoms with Crippen LogP contribution in [0, 0.1) is 5.82 Å². The zero-order chi connectivity index (χ0) is 18.7. The standard InChI is InChI=1S/C20H23FN2O3/c1-14-20(24)23(18-9-8-17(25-2)12-19(18)26-3)11-10-22(14)13-15-4-6-16(21)7-5-15/h4-9,12,14H,10-11,13H2,1-3H3/t14-/m0/s1. The monoisotopic (exact) mass is 358 g/mol. The van der Waals surface area contributed by atoms with E-state index in [0.717, 1.165) is 17.8 Å². The molecule has 2 aromatic carbocycles. The maximum absolute atomic E-state index is 13.1. The molecule has 2 aromatic rings. The smallest absolute Gasteiger partial charge is 0.244 e. The minimum absolute atomic E-state index is 0.0156. The van der Waals surface area contributed by atoms with Gasteiger partial charge in [-0.05, 0) is 36.8 Å². The van der Waals surface area contributed by atoms with Crippen molar-refractivity contribution in [2.45, 2.75) is 19.5 Å². The Bertz CT molecular complexity index is 779. The van der Waals surface area contributed by atoms with Crippen molar-refractivity contribution in [2.75, 3.05) is 32.2 Å². The van der Waals surface area contributed by atoms with Crippen LogP contribution in [-0.4, -0.2) is 44.2 Å². The summed E-state index contributed by atoms with van der Waals surface area (Å²) in [5.41, 5.74) is 1.73. The van der Waals surface area contributed by atoms with Crippen LogP contribution < -0.4 is 14.4 Å². The Morgan fingerprint density at radius 2 is 1.81 bits per heavy atom. The number of carbonyl (C=O) groups is 1. The van der Waals surface area contributed by atoms with E-state index >= 15 is 0 Å². The first-order valence-electron chi connectivity index (χ1n) is 8.55. The number of rotatable bonds is 5. The van der Waals surface area contributed by atoms with Gasteiger partial charge in [0.25, 0.3) is 0 Å². The Morgan fingerprint density at radius 1 is 1.08 bits per heavy atom. The zero-order valence-corrected chi connectivity index (χ0v) is 15.2. The van der Waals surface area contributed by atoms with Gasteiger partial charge in [0.1, 0.15) is 17.3 Å². The van der Waals surface area contributed by atoms with Crippen molar-refractivity contribution in [1.82, 2.24) is 4.90 Å². The summed E-state index contributed by atoms with van der Waals surface area (Å²) < 4.78 is 23.7. The van der Waals surface area contributed by atoms with E-state index in [1.165, 1.54) is 12.1 Å². The average molecular weight is 358 g/mol. The molecule has 1 fully saturated rings. The first-order valence-corrected chi connectivity index (χ1v) is 8.55. The number of nitrogens with zero attached hydrogens (tertiary/aromatic N) is 2. The topological polar surface area (TPSA) is 42.0 Å². The van der Waals surface area contributed by atoms with Gasteiger partial charge in [0.15, 0.2) is 0 Å². The van der Waals surface area contributed by atoms with Gasteiger partial charge in [-0.3, -0.25) is 9.69 Å². The van der Waals surface area contributed by atoms with Crippen LogP contribution in [0.5, 0.6) is 11.5 Å². The second kappa shape index (κ2) is 7.74. The Kier molecular flexibility index (Phi) is 5.42. The third-order valence-electron chi connectivity index (χ3n) is 4.76. The molecular formula is C20H23FN2O3. The van der Waals surface area contributed by atoms with E-state index in [2.05, 4.69) is 4.90 Å². The minimum Gasteiger partial charge on any atom is -0.497 e. The molecule has 1 saturated heterocycles. The number of piperazine rings is 1. The van der Waals surface area contributed by atoms with Crippen LogP contribution in [0.15, 0.2) is 42.5 Å². The Balaban J connectivity index is 1.76. The highest BCUT2D eigenvalue weighted by Crippen LogP contribution is 2.34. The van der Waals surface area contributed by atoms with Gasteiger partial charge >= 0.3 is 0 Å². The highest BCUT2D eigenvalue weighted by molar-refractivity contribution is 5.99. The minimum atomic E-state index is -0.277. The van der Waals surface area contributed by atoms with Gasteiger partial charge in [-0.25, -0.2) is 4.39 Å². The van der Waals surface area contributed by atoms with Gasteiger partial charge in [0.2, 0.25) is 5.91 Å². The number of hydrogen-bond donors (Lipinski definition) is 0. The number of halogens is 1. The van der Waals surface area contributed by atoms with E-state index in [4.69, 9.17) is 9.47 Å². The lowest BCUT2D eigenvalue weighted by Crippen LogP contribution is -2.55. The Hall–Kier alpha value is -2.60. The molecule has 0 radical (unpaired) electrons. The molecule has 0 spiro atoms. The summed E-state index contributed by atoms with van der Waals surface area (Å²) in [6.07, 6.45) is 0. The summed E-state index contributed by atoms with van der Waals surface area (Å²) in [5.74, 6) is 1.05. The molecule has 1 atom stereocenters. The second-order valence-electron chi connectivity index (χ2n) is 6.30. The molecule has 0 aliphatic carbocycles. The predicted molar refractivity (Wildman–Crippen MR) is 98.2 cm³/mol. The van der Waals surface area contributed by atoms with E-state index in [0.29, 0.717) is 24.6 Å². The first kappa shape index (κ1) is 18.2. The molecule has 0 saturated carbocycles. The number of amides is 1. The van der Waals surface area contributed by atoms with Crippen molar-refractivity contribution in [3.63, 3.8) is 0 Å². The van der Waals surface area contributed by atoms with Crippen molar-refractivity contribution in [3.8, 4) is 11.5 Å². The van der Waals surface area contributed by atoms with Crippen LogP contribution >= 0.6 is 0 Å². The normalized spacial score (nSPS) is 18.1. The maximum atomic E-state index is 13.1. The lowest BCUT2D eigenvalue weighted by atomic mass is 10.1. The zero-order valence-electron chi connectivity index (χ0n) is 15.2. The number of ether oxygens (including phenoxy) is 2. The van der Waals surface area contributed by atoms with Crippen LogP contribution in [0.3, 0.4) is 0 Å². The van der Waals surface area contributed by atoms with Crippen molar-refractivity contribution in [1.29, 1.82) is 0 Å². The summed E-state index contributed by atoms with van der Waals surface area (Å²) in [5, 5.41) is 0. The van der Waals surface area contributed by atoms with E-state index in [9.17, 15) is 9.18 Å². The van der Waals surface area contributed by atoms with E-state index in [1.807, 2.05) is 19.1 Å². The molecule has 5 nitrogen and oxygen atoms in total. The molecule has 1 aliphatic rings. The Labute approximate surface area is 152 Å². The summed E-state index contributed by atoms with van der Waals surface area (Å²) >= 11 is 0. The number of methoxy groups -OCH3 is 2. The van der Waals surface area contributed by atoms with Crippen molar-refractivity contribution in [2.24, 2.45) is 0 Å². The number of anilines is 1. The maximum Gasteiger partial charge on any atom is 0.244 e. The molecule has 3 rings (SSSR count). The molecule has 1 heterocycles. The molecule has 0 N–H and O–H groups in total. The summed E-state index contributed by atoms with van der Waals surface area (Å²) in [7, 11) is 3.17. The molecule has 138 valence electrons. The molecule has 0 aromatic heterocycles. The van der Waals surface area contributed by atoms with Crippen molar-refractivity contribution < 1.29 is 18.7 Å². The summed E-state index contributed by atoms with van der Waals surface area (Å²) in [6, 6.07) is 11.6. The third kappa shape index (κ3) is 3.65. The SMILES string of the molecule is COc1ccc(N2CCN(Cc3ccc(F)cc3)[C@@H](C)C2=O)c(OC)c1. The molecule has 0 unspecified atom stereocenters. The van der Waals surface area contributed by atoms with E-state index in [-0.39, 0.29) is 17.8 Å². The van der Waals surface area contributed by atoms with Crippen molar-refractivity contribution in [3.05, 3.63) is 53.8 Å². The fraction of sp³-hybridized carbons (Fsp3) is 0.350. The van der Waals surface area contributed by atoms with Gasteiger partial charge in [-0.1, -0.05) is 12.1 Å². The van der Waals surface area contributed by atoms with Crippen LogP contribution in [-0.2, 0) is 11.3 Å². The fourth-order valence-electron chi connectivity index (χ4n) is 3.20. The molecule has 26 heavy (non-hydrogen) atoms. The largest absolute Gasteiger partial charge is 0.497 e. The number of benzene rings is 2. The van der Waals surface area contributed by atoms with Crippen LogP contribution in [0.1, 0.15) is 12.5 Å². The molecule has 1 aliphatic heterocycles. The molecule has 0 bridgehead atoms. The van der Waals surface area contributed by atoms with Gasteiger partial charge in [-0.2, -0.15) is 0 Å². The van der Waals surface area contributed by atoms with Crippen LogP contribution in [0.2, 0.25) is 0 Å². The van der Waals surface area contributed by atoms with Gasteiger partial charge in [0, 0.05) is 25.7 Å². The second-order valence-corrected chi connectivity index (χ2v) is 6.30. The van der Waals surface area contributed by atoms with Gasteiger partial charge < -0.3 is 14.4 Å². The van der Waals surface area contributed by atoms with E-state index < -0.39 is 0 Å². The third-order valence-corrected chi connectivity index (χ3v) is 4.76. The lowest BCUT2D eigenvalue weighted by Gasteiger charge is -2.39. The fourth-order valence-corrected chi connectivity index (χ4v) is 3.20. The average Bonchev–Trinajstić information content (AvgIpc) is 2.67. The summed E-state index contributed by atoms with van der Waals surface area (Å²) in [4.78, 5) is 16.8. The highest BCUT2D eigenvalue weighted by atomic mass is 19.1. The van der Waals surface area contributed by atoms with Crippen molar-refractivity contribution >= 4 is 11.6 Å². The molecule has 6 heteroatoms. The van der Waals surface area contributed by atoms with E-state index in [1.54, 1.807) is 37.3 Å².